The molecular weight excluding hydrogens is 329 g/mol. The van der Waals surface area contributed by atoms with Gasteiger partial charge in [-0.25, -0.2) is 9.18 Å². The van der Waals surface area contributed by atoms with Gasteiger partial charge < -0.3 is 16.0 Å². The van der Waals surface area contributed by atoms with E-state index in [1.807, 2.05) is 24.0 Å². The van der Waals surface area contributed by atoms with Gasteiger partial charge in [0.15, 0.2) is 0 Å². The first kappa shape index (κ1) is 18.4. The molecular formula is C21H26FN3O. The van der Waals surface area contributed by atoms with Gasteiger partial charge in [0.05, 0.1) is 6.04 Å². The van der Waals surface area contributed by atoms with E-state index in [0.717, 1.165) is 36.1 Å². The molecule has 0 bridgehead atoms. The average Bonchev–Trinajstić information content (AvgIpc) is 2.64. The fourth-order valence-electron chi connectivity index (χ4n) is 3.61. The van der Waals surface area contributed by atoms with Crippen LogP contribution >= 0.6 is 0 Å². The van der Waals surface area contributed by atoms with Gasteiger partial charge in [-0.05, 0) is 55.0 Å². The van der Waals surface area contributed by atoms with Crippen molar-refractivity contribution in [3.63, 3.8) is 0 Å². The molecule has 1 heterocycles. The molecule has 138 valence electrons. The molecule has 1 fully saturated rings. The summed E-state index contributed by atoms with van der Waals surface area (Å²) in [7, 11) is 0. The molecule has 2 atom stereocenters. The standard InChI is InChI=1S/C21H26FN3O/c1-2-24-21(26)25-12-4-7-19(23)20(25)14-15-5-3-6-17(13-15)16-8-10-18(22)11-9-16/h3,5-6,8-11,13,19-20H,2,4,7,12,14,23H2,1H3,(H,24,26). The Balaban J connectivity index is 1.81. The Morgan fingerprint density at radius 3 is 2.73 bits per heavy atom. The van der Waals surface area contributed by atoms with Crippen molar-refractivity contribution in [2.24, 2.45) is 5.73 Å². The van der Waals surface area contributed by atoms with Gasteiger partial charge in [0.1, 0.15) is 5.82 Å². The lowest BCUT2D eigenvalue weighted by Gasteiger charge is -2.40. The van der Waals surface area contributed by atoms with Gasteiger partial charge in [0.25, 0.3) is 0 Å². The van der Waals surface area contributed by atoms with Crippen LogP contribution in [0.2, 0.25) is 0 Å². The Morgan fingerprint density at radius 1 is 1.23 bits per heavy atom. The van der Waals surface area contributed by atoms with Crippen LogP contribution in [-0.4, -0.2) is 36.1 Å². The summed E-state index contributed by atoms with van der Waals surface area (Å²) >= 11 is 0. The molecule has 2 amide bonds. The number of carbonyl (C=O) groups excluding carboxylic acids is 1. The van der Waals surface area contributed by atoms with E-state index in [0.29, 0.717) is 13.0 Å². The first-order valence-electron chi connectivity index (χ1n) is 9.23. The second-order valence-electron chi connectivity index (χ2n) is 6.81. The summed E-state index contributed by atoms with van der Waals surface area (Å²) in [6.07, 6.45) is 2.58. The Kier molecular flexibility index (Phi) is 5.89. The highest BCUT2D eigenvalue weighted by molar-refractivity contribution is 5.74. The molecule has 0 spiro atoms. The van der Waals surface area contributed by atoms with E-state index in [1.165, 1.54) is 12.1 Å². The lowest BCUT2D eigenvalue weighted by Crippen LogP contribution is -2.57. The number of hydrogen-bond donors (Lipinski definition) is 2. The number of urea groups is 1. The number of piperidine rings is 1. The Morgan fingerprint density at radius 2 is 2.00 bits per heavy atom. The Bertz CT molecular complexity index is 747. The number of nitrogens with zero attached hydrogens (tertiary/aromatic N) is 1. The largest absolute Gasteiger partial charge is 0.338 e. The maximum absolute atomic E-state index is 13.2. The van der Waals surface area contributed by atoms with Crippen LogP contribution in [0.3, 0.4) is 0 Å². The van der Waals surface area contributed by atoms with Gasteiger partial charge in [-0.1, -0.05) is 36.4 Å². The van der Waals surface area contributed by atoms with Crippen LogP contribution in [0, 0.1) is 5.82 Å². The van der Waals surface area contributed by atoms with Crippen LogP contribution in [0.5, 0.6) is 0 Å². The summed E-state index contributed by atoms with van der Waals surface area (Å²) in [5, 5.41) is 2.89. The third-order valence-corrected chi connectivity index (χ3v) is 4.97. The minimum atomic E-state index is -0.240. The van der Waals surface area contributed by atoms with Crippen molar-refractivity contribution in [2.45, 2.75) is 38.3 Å². The van der Waals surface area contributed by atoms with E-state index in [4.69, 9.17) is 5.73 Å². The van der Waals surface area contributed by atoms with Crippen LogP contribution in [0.4, 0.5) is 9.18 Å². The molecule has 0 aromatic heterocycles. The van der Waals surface area contributed by atoms with Crippen LogP contribution in [0.1, 0.15) is 25.3 Å². The van der Waals surface area contributed by atoms with E-state index in [1.54, 1.807) is 12.1 Å². The number of rotatable bonds is 4. The van der Waals surface area contributed by atoms with E-state index in [2.05, 4.69) is 17.4 Å². The van der Waals surface area contributed by atoms with Gasteiger partial charge in [0.2, 0.25) is 0 Å². The monoisotopic (exact) mass is 355 g/mol. The molecule has 0 aliphatic carbocycles. The summed E-state index contributed by atoms with van der Waals surface area (Å²) < 4.78 is 13.2. The van der Waals surface area contributed by atoms with E-state index in [-0.39, 0.29) is 23.9 Å². The summed E-state index contributed by atoms with van der Waals surface area (Å²) in [4.78, 5) is 14.3. The second-order valence-corrected chi connectivity index (χ2v) is 6.81. The summed E-state index contributed by atoms with van der Waals surface area (Å²) in [5.74, 6) is -0.240. The quantitative estimate of drug-likeness (QED) is 0.881. The summed E-state index contributed by atoms with van der Waals surface area (Å²) in [6.45, 7) is 3.27. The Hall–Kier alpha value is -2.40. The highest BCUT2D eigenvalue weighted by Crippen LogP contribution is 2.24. The molecule has 2 unspecified atom stereocenters. The number of halogens is 1. The second kappa shape index (κ2) is 8.32. The number of carbonyl (C=O) groups is 1. The zero-order chi connectivity index (χ0) is 18.5. The molecule has 1 aliphatic heterocycles. The normalized spacial score (nSPS) is 20.0. The average molecular weight is 355 g/mol. The Labute approximate surface area is 154 Å². The lowest BCUT2D eigenvalue weighted by molar-refractivity contribution is 0.138. The van der Waals surface area contributed by atoms with E-state index >= 15 is 0 Å². The molecule has 1 aliphatic rings. The topological polar surface area (TPSA) is 58.4 Å². The zero-order valence-corrected chi connectivity index (χ0v) is 15.1. The highest BCUT2D eigenvalue weighted by atomic mass is 19.1. The van der Waals surface area contributed by atoms with Crippen molar-refractivity contribution < 1.29 is 9.18 Å². The van der Waals surface area contributed by atoms with Crippen LogP contribution < -0.4 is 11.1 Å². The van der Waals surface area contributed by atoms with Crippen molar-refractivity contribution in [2.75, 3.05) is 13.1 Å². The molecule has 0 saturated carbocycles. The van der Waals surface area contributed by atoms with Gasteiger partial charge >= 0.3 is 6.03 Å². The van der Waals surface area contributed by atoms with Crippen LogP contribution in [-0.2, 0) is 6.42 Å². The van der Waals surface area contributed by atoms with Crippen molar-refractivity contribution in [1.82, 2.24) is 10.2 Å². The first-order chi connectivity index (χ1) is 12.6. The number of nitrogens with two attached hydrogens (primary N) is 1. The first-order valence-corrected chi connectivity index (χ1v) is 9.23. The van der Waals surface area contributed by atoms with Crippen LogP contribution in [0.15, 0.2) is 48.5 Å². The molecule has 4 nitrogen and oxygen atoms in total. The van der Waals surface area contributed by atoms with Crippen molar-refractivity contribution in [3.05, 3.63) is 59.9 Å². The number of likely N-dealkylation sites (tertiary alicyclic amines) is 1. The van der Waals surface area contributed by atoms with Gasteiger partial charge in [-0.2, -0.15) is 0 Å². The van der Waals surface area contributed by atoms with Crippen LogP contribution in [0.25, 0.3) is 11.1 Å². The van der Waals surface area contributed by atoms with Gasteiger partial charge in [-0.15, -0.1) is 0 Å². The minimum Gasteiger partial charge on any atom is -0.338 e. The predicted octanol–water partition coefficient (Wildman–Crippen LogP) is 3.56. The SMILES string of the molecule is CCNC(=O)N1CCCC(N)C1Cc1cccc(-c2ccc(F)cc2)c1. The fourth-order valence-corrected chi connectivity index (χ4v) is 3.61. The predicted molar refractivity (Wildman–Crippen MR) is 102 cm³/mol. The molecule has 3 N–H and O–H groups in total. The maximum Gasteiger partial charge on any atom is 0.317 e. The van der Waals surface area contributed by atoms with Crippen molar-refractivity contribution >= 4 is 6.03 Å². The molecule has 1 saturated heterocycles. The zero-order valence-electron chi connectivity index (χ0n) is 15.1. The molecule has 3 rings (SSSR count). The molecule has 2 aromatic carbocycles. The molecule has 0 radical (unpaired) electrons. The number of hydrogen-bond acceptors (Lipinski definition) is 2. The third kappa shape index (κ3) is 4.22. The third-order valence-electron chi connectivity index (χ3n) is 4.97. The number of amides is 2. The van der Waals surface area contributed by atoms with E-state index < -0.39 is 0 Å². The number of nitrogens with one attached hydrogen (secondary N) is 1. The molecule has 2 aromatic rings. The molecule has 5 heteroatoms. The molecule has 26 heavy (non-hydrogen) atoms. The van der Waals surface area contributed by atoms with Crippen molar-refractivity contribution in [3.8, 4) is 11.1 Å². The van der Waals surface area contributed by atoms with Gasteiger partial charge in [0, 0.05) is 19.1 Å². The lowest BCUT2D eigenvalue weighted by atomic mass is 9.90. The fraction of sp³-hybridized carbons (Fsp3) is 0.381. The number of benzene rings is 2. The smallest absolute Gasteiger partial charge is 0.317 e. The van der Waals surface area contributed by atoms with Crippen molar-refractivity contribution in [1.29, 1.82) is 0 Å². The van der Waals surface area contributed by atoms with E-state index in [9.17, 15) is 9.18 Å². The summed E-state index contributed by atoms with van der Waals surface area (Å²) in [6, 6.07) is 14.6. The highest BCUT2D eigenvalue weighted by Gasteiger charge is 2.32. The maximum atomic E-state index is 13.2. The van der Waals surface area contributed by atoms with Gasteiger partial charge in [-0.3, -0.25) is 0 Å². The summed E-state index contributed by atoms with van der Waals surface area (Å²) in [5.41, 5.74) is 9.49. The minimum absolute atomic E-state index is 0.0150.